The van der Waals surface area contributed by atoms with E-state index >= 15 is 0 Å². The van der Waals surface area contributed by atoms with Gasteiger partial charge >= 0.3 is 0 Å². The van der Waals surface area contributed by atoms with Gasteiger partial charge in [-0.3, -0.25) is 0 Å². The summed E-state index contributed by atoms with van der Waals surface area (Å²) in [6.45, 7) is 1.15. The summed E-state index contributed by atoms with van der Waals surface area (Å²) in [6, 6.07) is 4.64. The number of aromatic nitrogens is 3. The van der Waals surface area contributed by atoms with Crippen LogP contribution in [-0.2, 0) is 6.42 Å². The normalized spacial score (nSPS) is 20.6. The molecule has 2 aromatic rings. The number of hydrogen-bond acceptors (Lipinski definition) is 2. The van der Waals surface area contributed by atoms with Crippen LogP contribution in [0, 0.1) is 0 Å². The summed E-state index contributed by atoms with van der Waals surface area (Å²) in [7, 11) is 0. The van der Waals surface area contributed by atoms with Gasteiger partial charge in [0.25, 0.3) is 0 Å². The van der Waals surface area contributed by atoms with E-state index in [1.165, 1.54) is 19.3 Å². The fraction of sp³-hybridized carbons (Fsp3) is 0.462. The van der Waals surface area contributed by atoms with Gasteiger partial charge in [0.1, 0.15) is 5.82 Å². The third-order valence-electron chi connectivity index (χ3n) is 3.37. The molecule has 1 unspecified atom stereocenters. The standard InChI is InChI=1S/C13H18N4/c1-2-6-14-10(4-1)8-13-16-9-12(17-13)11-5-3-7-15-11/h3,5,7,9-10,14-15H,1-2,4,6,8H2,(H,16,17). The van der Waals surface area contributed by atoms with Gasteiger partial charge in [-0.25, -0.2) is 4.98 Å². The first-order valence-corrected chi connectivity index (χ1v) is 6.33. The predicted octanol–water partition coefficient (Wildman–Crippen LogP) is 2.09. The quantitative estimate of drug-likeness (QED) is 0.756. The SMILES string of the molecule is c1c[nH]c(-c2cnc(CC3CCCCN3)[nH]2)c1. The van der Waals surface area contributed by atoms with E-state index in [1.54, 1.807) is 0 Å². The molecule has 2 aromatic heterocycles. The van der Waals surface area contributed by atoms with Crippen LogP contribution < -0.4 is 5.32 Å². The van der Waals surface area contributed by atoms with Crippen molar-refractivity contribution in [1.29, 1.82) is 0 Å². The lowest BCUT2D eigenvalue weighted by Crippen LogP contribution is -2.35. The molecule has 4 heteroatoms. The number of hydrogen-bond donors (Lipinski definition) is 3. The first kappa shape index (κ1) is 10.6. The Morgan fingerprint density at radius 1 is 1.29 bits per heavy atom. The molecule has 1 aliphatic heterocycles. The second kappa shape index (κ2) is 4.75. The monoisotopic (exact) mass is 230 g/mol. The van der Waals surface area contributed by atoms with Gasteiger partial charge in [0.2, 0.25) is 0 Å². The van der Waals surface area contributed by atoms with Crippen LogP contribution in [0.25, 0.3) is 11.4 Å². The van der Waals surface area contributed by atoms with Crippen LogP contribution >= 0.6 is 0 Å². The zero-order valence-corrected chi connectivity index (χ0v) is 9.87. The van der Waals surface area contributed by atoms with Gasteiger partial charge in [0, 0.05) is 18.7 Å². The third kappa shape index (κ3) is 2.42. The van der Waals surface area contributed by atoms with Crippen molar-refractivity contribution >= 4 is 0 Å². The Bertz CT molecular complexity index is 451. The number of piperidine rings is 1. The Morgan fingerprint density at radius 2 is 2.29 bits per heavy atom. The smallest absolute Gasteiger partial charge is 0.108 e. The largest absolute Gasteiger partial charge is 0.360 e. The van der Waals surface area contributed by atoms with Gasteiger partial charge in [-0.2, -0.15) is 0 Å². The van der Waals surface area contributed by atoms with Crippen molar-refractivity contribution in [2.45, 2.75) is 31.7 Å². The highest BCUT2D eigenvalue weighted by Gasteiger charge is 2.14. The zero-order valence-electron chi connectivity index (χ0n) is 9.87. The highest BCUT2D eigenvalue weighted by Crippen LogP contribution is 2.16. The lowest BCUT2D eigenvalue weighted by Gasteiger charge is -2.22. The maximum atomic E-state index is 4.45. The zero-order chi connectivity index (χ0) is 11.5. The predicted molar refractivity (Wildman–Crippen MR) is 67.7 cm³/mol. The summed E-state index contributed by atoms with van der Waals surface area (Å²) in [6.07, 6.45) is 8.74. The lowest BCUT2D eigenvalue weighted by atomic mass is 10.0. The van der Waals surface area contributed by atoms with Gasteiger partial charge in [-0.15, -0.1) is 0 Å². The summed E-state index contributed by atoms with van der Waals surface area (Å²) in [5.41, 5.74) is 2.17. The molecule has 3 heterocycles. The molecule has 1 saturated heterocycles. The van der Waals surface area contributed by atoms with E-state index in [0.29, 0.717) is 6.04 Å². The van der Waals surface area contributed by atoms with E-state index in [9.17, 15) is 0 Å². The van der Waals surface area contributed by atoms with Gasteiger partial charge in [-0.05, 0) is 31.5 Å². The Kier molecular flexibility index (Phi) is 2.96. The van der Waals surface area contributed by atoms with Gasteiger partial charge in [0.15, 0.2) is 0 Å². The second-order valence-corrected chi connectivity index (χ2v) is 4.68. The Hall–Kier alpha value is -1.55. The molecule has 0 bridgehead atoms. The van der Waals surface area contributed by atoms with Crippen LogP contribution in [0.15, 0.2) is 24.5 Å². The maximum absolute atomic E-state index is 4.45. The summed E-state index contributed by atoms with van der Waals surface area (Å²) in [5.74, 6) is 1.08. The van der Waals surface area contributed by atoms with Gasteiger partial charge in [-0.1, -0.05) is 6.42 Å². The van der Waals surface area contributed by atoms with Crippen LogP contribution in [0.4, 0.5) is 0 Å². The number of imidazole rings is 1. The van der Waals surface area contributed by atoms with E-state index in [4.69, 9.17) is 0 Å². The lowest BCUT2D eigenvalue weighted by molar-refractivity contribution is 0.395. The van der Waals surface area contributed by atoms with E-state index in [1.807, 2.05) is 18.5 Å². The molecule has 3 N–H and O–H groups in total. The van der Waals surface area contributed by atoms with Crippen molar-refractivity contribution in [3.05, 3.63) is 30.4 Å². The van der Waals surface area contributed by atoms with Gasteiger partial charge < -0.3 is 15.3 Å². The maximum Gasteiger partial charge on any atom is 0.108 e. The topological polar surface area (TPSA) is 56.5 Å². The Labute approximate surface area is 101 Å². The van der Waals surface area contributed by atoms with E-state index in [-0.39, 0.29) is 0 Å². The Balaban J connectivity index is 1.68. The summed E-state index contributed by atoms with van der Waals surface area (Å²) >= 11 is 0. The fourth-order valence-electron chi connectivity index (χ4n) is 2.43. The highest BCUT2D eigenvalue weighted by molar-refractivity contribution is 5.53. The minimum Gasteiger partial charge on any atom is -0.360 e. The van der Waals surface area contributed by atoms with Crippen LogP contribution in [0.1, 0.15) is 25.1 Å². The van der Waals surface area contributed by atoms with Crippen molar-refractivity contribution < 1.29 is 0 Å². The van der Waals surface area contributed by atoms with E-state index < -0.39 is 0 Å². The molecule has 0 saturated carbocycles. The minimum absolute atomic E-state index is 0.589. The molecule has 0 aromatic carbocycles. The van der Waals surface area contributed by atoms with Gasteiger partial charge in [0.05, 0.1) is 17.6 Å². The number of nitrogens with zero attached hydrogens (tertiary/aromatic N) is 1. The summed E-state index contributed by atoms with van der Waals surface area (Å²) < 4.78 is 0. The van der Waals surface area contributed by atoms with Crippen LogP contribution in [0.5, 0.6) is 0 Å². The van der Waals surface area contributed by atoms with E-state index in [2.05, 4.69) is 26.3 Å². The number of nitrogens with one attached hydrogen (secondary N) is 3. The van der Waals surface area contributed by atoms with Crippen LogP contribution in [0.2, 0.25) is 0 Å². The number of rotatable bonds is 3. The Morgan fingerprint density at radius 3 is 3.06 bits per heavy atom. The van der Waals surface area contributed by atoms with Crippen molar-refractivity contribution in [3.8, 4) is 11.4 Å². The van der Waals surface area contributed by atoms with Crippen molar-refractivity contribution in [2.75, 3.05) is 6.54 Å². The number of aromatic amines is 2. The van der Waals surface area contributed by atoms with Crippen LogP contribution in [0.3, 0.4) is 0 Å². The molecule has 1 atom stereocenters. The molecule has 0 radical (unpaired) electrons. The molecule has 3 rings (SSSR count). The van der Waals surface area contributed by atoms with Crippen molar-refractivity contribution in [1.82, 2.24) is 20.3 Å². The third-order valence-corrected chi connectivity index (χ3v) is 3.37. The second-order valence-electron chi connectivity index (χ2n) is 4.68. The molecule has 0 spiro atoms. The molecule has 4 nitrogen and oxygen atoms in total. The molecule has 90 valence electrons. The molecule has 0 amide bonds. The fourth-order valence-corrected chi connectivity index (χ4v) is 2.43. The molecule has 1 aliphatic rings. The highest BCUT2D eigenvalue weighted by atomic mass is 15.0. The molecule has 17 heavy (non-hydrogen) atoms. The minimum atomic E-state index is 0.589. The summed E-state index contributed by atoms with van der Waals surface area (Å²) in [4.78, 5) is 11.0. The average molecular weight is 230 g/mol. The van der Waals surface area contributed by atoms with Crippen molar-refractivity contribution in [3.63, 3.8) is 0 Å². The number of H-pyrrole nitrogens is 2. The van der Waals surface area contributed by atoms with E-state index in [0.717, 1.165) is 30.2 Å². The van der Waals surface area contributed by atoms with Crippen molar-refractivity contribution in [2.24, 2.45) is 0 Å². The molecule has 0 aliphatic carbocycles. The average Bonchev–Trinajstić information content (AvgIpc) is 3.00. The molecular weight excluding hydrogens is 212 g/mol. The molecular formula is C13H18N4. The first-order chi connectivity index (χ1) is 8.42. The summed E-state index contributed by atoms with van der Waals surface area (Å²) in [5, 5.41) is 3.54. The molecule has 1 fully saturated rings. The first-order valence-electron chi connectivity index (χ1n) is 6.33. The van der Waals surface area contributed by atoms with Crippen LogP contribution in [-0.4, -0.2) is 27.5 Å².